The molecule has 0 spiro atoms. The fourth-order valence-electron chi connectivity index (χ4n) is 9.44. The summed E-state index contributed by atoms with van der Waals surface area (Å²) in [6.07, 6.45) is 0. The Morgan fingerprint density at radius 1 is 0.387 bits per heavy atom. The van der Waals surface area contributed by atoms with Gasteiger partial charge in [-0.3, -0.25) is 0 Å². The summed E-state index contributed by atoms with van der Waals surface area (Å²) in [5.74, 6) is 0. The monoisotopic (exact) mass is 791 g/mol. The number of aromatic nitrogens is 2. The molecule has 0 fully saturated rings. The highest BCUT2D eigenvalue weighted by Gasteiger charge is 2.23. The van der Waals surface area contributed by atoms with Crippen LogP contribution in [0, 0.1) is 22.7 Å². The molecule has 9 aromatic carbocycles. The van der Waals surface area contributed by atoms with Gasteiger partial charge in [0.25, 0.3) is 0 Å². The molecule has 288 valence electrons. The van der Waals surface area contributed by atoms with Crippen molar-refractivity contribution in [3.8, 4) is 34.6 Å². The molecule has 0 aliphatic heterocycles. The Morgan fingerprint density at radius 3 is 1.55 bits per heavy atom. The maximum Gasteiger partial charge on any atom is 0.145 e. The smallest absolute Gasteiger partial charge is 0.145 e. The zero-order valence-electron chi connectivity index (χ0n) is 33.2. The molecule has 0 aliphatic rings. The second kappa shape index (κ2) is 13.9. The van der Waals surface area contributed by atoms with Crippen LogP contribution in [0.3, 0.4) is 0 Å². The quantitative estimate of drug-likeness (QED) is 0.168. The predicted octanol–water partition coefficient (Wildman–Crippen LogP) is 14.7. The highest BCUT2D eigenvalue weighted by atomic mass is 16.3. The molecule has 12 rings (SSSR count). The standard InChI is InChI=1S/C56H33N5O/c57-34-38-33-53(61-49-21-11-8-19-46(49)55-51(61)30-28-45-44-18-9-12-22-54(44)62-56(45)55)39(35-58)32-52(38)60-48-20-10-7-17-43(48)47-31-37(25-29-50(47)60)36-23-26-42(27-24-36)59(40-13-3-1-4-14-40)41-15-5-2-6-16-41/h1-33H. The van der Waals surface area contributed by atoms with Crippen molar-refractivity contribution < 1.29 is 4.42 Å². The van der Waals surface area contributed by atoms with Gasteiger partial charge in [0.2, 0.25) is 0 Å². The summed E-state index contributed by atoms with van der Waals surface area (Å²) in [5.41, 5.74) is 13.0. The van der Waals surface area contributed by atoms with Crippen LogP contribution in [-0.2, 0) is 0 Å². The second-order valence-corrected chi connectivity index (χ2v) is 15.5. The first kappa shape index (κ1) is 35.1. The van der Waals surface area contributed by atoms with E-state index in [1.807, 2.05) is 66.7 Å². The first-order valence-electron chi connectivity index (χ1n) is 20.5. The van der Waals surface area contributed by atoms with Crippen molar-refractivity contribution in [2.75, 3.05) is 4.90 Å². The Morgan fingerprint density at radius 2 is 0.887 bits per heavy atom. The Kier molecular flexibility index (Phi) is 7.87. The van der Waals surface area contributed by atoms with Crippen LogP contribution in [0.1, 0.15) is 11.1 Å². The van der Waals surface area contributed by atoms with Gasteiger partial charge in [0, 0.05) is 44.0 Å². The van der Waals surface area contributed by atoms with Crippen molar-refractivity contribution in [3.63, 3.8) is 0 Å². The van der Waals surface area contributed by atoms with Crippen LogP contribution in [0.25, 0.3) is 88.1 Å². The summed E-state index contributed by atoms with van der Waals surface area (Å²) in [5, 5.41) is 28.0. The van der Waals surface area contributed by atoms with Crippen molar-refractivity contribution in [2.24, 2.45) is 0 Å². The minimum absolute atomic E-state index is 0.453. The molecule has 3 aromatic heterocycles. The van der Waals surface area contributed by atoms with Crippen molar-refractivity contribution >= 4 is 82.6 Å². The molecule has 12 aromatic rings. The molecule has 6 heteroatoms. The number of fused-ring (bicyclic) bond motifs is 10. The number of para-hydroxylation sites is 5. The van der Waals surface area contributed by atoms with Gasteiger partial charge in [0.05, 0.1) is 50.0 Å². The second-order valence-electron chi connectivity index (χ2n) is 15.5. The Balaban J connectivity index is 1.00. The third-order valence-electron chi connectivity index (χ3n) is 12.2. The number of rotatable bonds is 6. The van der Waals surface area contributed by atoms with Crippen molar-refractivity contribution in [1.82, 2.24) is 9.13 Å². The van der Waals surface area contributed by atoms with Crippen molar-refractivity contribution in [1.29, 1.82) is 10.5 Å². The topological polar surface area (TPSA) is 73.8 Å². The van der Waals surface area contributed by atoms with Crippen LogP contribution in [0.15, 0.2) is 205 Å². The first-order valence-corrected chi connectivity index (χ1v) is 20.5. The molecule has 0 saturated carbocycles. The number of hydrogen-bond donors (Lipinski definition) is 0. The lowest BCUT2D eigenvalue weighted by Gasteiger charge is -2.25. The van der Waals surface area contributed by atoms with E-state index in [-0.39, 0.29) is 0 Å². The van der Waals surface area contributed by atoms with Gasteiger partial charge in [0.15, 0.2) is 0 Å². The van der Waals surface area contributed by atoms with Crippen LogP contribution >= 0.6 is 0 Å². The largest absolute Gasteiger partial charge is 0.455 e. The summed E-state index contributed by atoms with van der Waals surface area (Å²) in [7, 11) is 0. The molecule has 0 N–H and O–H groups in total. The van der Waals surface area contributed by atoms with Crippen LogP contribution in [0.5, 0.6) is 0 Å². The zero-order chi connectivity index (χ0) is 41.3. The van der Waals surface area contributed by atoms with Gasteiger partial charge in [-0.2, -0.15) is 10.5 Å². The van der Waals surface area contributed by atoms with E-state index in [2.05, 4.69) is 160 Å². The maximum absolute atomic E-state index is 10.9. The molecule has 62 heavy (non-hydrogen) atoms. The van der Waals surface area contributed by atoms with Gasteiger partial charge in [-0.1, -0.05) is 109 Å². The normalized spacial score (nSPS) is 11.5. The summed E-state index contributed by atoms with van der Waals surface area (Å²) in [6.45, 7) is 0. The molecule has 0 atom stereocenters. The maximum atomic E-state index is 10.9. The van der Waals surface area contributed by atoms with E-state index in [1.165, 1.54) is 0 Å². The van der Waals surface area contributed by atoms with Gasteiger partial charge in [-0.05, 0) is 102 Å². The third kappa shape index (κ3) is 5.28. The molecule has 6 nitrogen and oxygen atoms in total. The summed E-state index contributed by atoms with van der Waals surface area (Å²) < 4.78 is 10.8. The Hall–Kier alpha value is -8.84. The van der Waals surface area contributed by atoms with Crippen molar-refractivity contribution in [2.45, 2.75) is 0 Å². The third-order valence-corrected chi connectivity index (χ3v) is 12.2. The van der Waals surface area contributed by atoms with E-state index in [4.69, 9.17) is 4.42 Å². The molecular formula is C56H33N5O. The fraction of sp³-hybridized carbons (Fsp3) is 0. The number of hydrogen-bond acceptors (Lipinski definition) is 4. The average molecular weight is 792 g/mol. The van der Waals surface area contributed by atoms with Gasteiger partial charge in [-0.15, -0.1) is 0 Å². The molecule has 3 heterocycles. The van der Waals surface area contributed by atoms with Gasteiger partial charge in [-0.25, -0.2) is 0 Å². The van der Waals surface area contributed by atoms with E-state index in [0.29, 0.717) is 22.5 Å². The number of nitriles is 2. The van der Waals surface area contributed by atoms with E-state index >= 15 is 0 Å². The molecular weight excluding hydrogens is 759 g/mol. The summed E-state index contributed by atoms with van der Waals surface area (Å²) in [4.78, 5) is 2.26. The molecule has 0 saturated heterocycles. The minimum atomic E-state index is 0.453. The van der Waals surface area contributed by atoms with E-state index in [9.17, 15) is 10.5 Å². The number of nitrogens with zero attached hydrogens (tertiary/aromatic N) is 5. The Labute approximate surface area is 356 Å². The molecule has 0 radical (unpaired) electrons. The molecule has 0 bridgehead atoms. The van der Waals surface area contributed by atoms with Gasteiger partial charge < -0.3 is 18.5 Å². The predicted molar refractivity (Wildman–Crippen MR) is 252 cm³/mol. The minimum Gasteiger partial charge on any atom is -0.455 e. The first-order chi connectivity index (χ1) is 30.7. The molecule has 0 unspecified atom stereocenters. The summed E-state index contributed by atoms with van der Waals surface area (Å²) >= 11 is 0. The highest BCUT2D eigenvalue weighted by molar-refractivity contribution is 6.24. The molecule has 0 aliphatic carbocycles. The highest BCUT2D eigenvalue weighted by Crippen LogP contribution is 2.43. The van der Waals surface area contributed by atoms with E-state index in [1.54, 1.807) is 0 Å². The summed E-state index contributed by atoms with van der Waals surface area (Å²) in [6, 6.07) is 73.5. The Bertz CT molecular complexity index is 3780. The SMILES string of the molecule is N#Cc1cc(-n2c3ccccc3c3c4oc5ccccc5c4ccc32)c(C#N)cc1-n1c2ccccc2c2cc(-c3ccc(N(c4ccccc4)c4ccccc4)cc3)ccc21. The van der Waals surface area contributed by atoms with Crippen LogP contribution < -0.4 is 4.90 Å². The van der Waals surface area contributed by atoms with E-state index < -0.39 is 0 Å². The van der Waals surface area contributed by atoms with Crippen LogP contribution in [-0.4, -0.2) is 9.13 Å². The average Bonchev–Trinajstić information content (AvgIpc) is 4.00. The van der Waals surface area contributed by atoms with Crippen molar-refractivity contribution in [3.05, 3.63) is 211 Å². The lowest BCUT2D eigenvalue weighted by molar-refractivity contribution is 0.673. The number of furan rings is 1. The lowest BCUT2D eigenvalue weighted by atomic mass is 10.0. The lowest BCUT2D eigenvalue weighted by Crippen LogP contribution is -2.09. The zero-order valence-corrected chi connectivity index (χ0v) is 33.2. The number of anilines is 3. The molecule has 0 amide bonds. The van der Waals surface area contributed by atoms with Gasteiger partial charge >= 0.3 is 0 Å². The fourth-order valence-corrected chi connectivity index (χ4v) is 9.44. The number of benzene rings is 9. The van der Waals surface area contributed by atoms with Crippen LogP contribution in [0.2, 0.25) is 0 Å². The van der Waals surface area contributed by atoms with Gasteiger partial charge in [0.1, 0.15) is 23.3 Å². The van der Waals surface area contributed by atoms with Crippen LogP contribution in [0.4, 0.5) is 17.1 Å². The van der Waals surface area contributed by atoms with E-state index in [0.717, 1.165) is 93.7 Å².